The molecule has 0 atom stereocenters. The summed E-state index contributed by atoms with van der Waals surface area (Å²) in [4.78, 5) is 16.2. The molecule has 0 amide bonds. The van der Waals surface area contributed by atoms with Crippen molar-refractivity contribution in [1.29, 1.82) is 0 Å². The minimum atomic E-state index is -0.316. The summed E-state index contributed by atoms with van der Waals surface area (Å²) >= 11 is 1.55. The minimum absolute atomic E-state index is 0.316. The molecule has 0 saturated heterocycles. The van der Waals surface area contributed by atoms with E-state index in [-0.39, 0.29) is 5.97 Å². The zero-order chi connectivity index (χ0) is 16.2. The lowest BCUT2D eigenvalue weighted by Gasteiger charge is -2.04. The van der Waals surface area contributed by atoms with Gasteiger partial charge < -0.3 is 14.8 Å². The molecule has 0 aliphatic heterocycles. The number of rotatable bonds is 5. The summed E-state index contributed by atoms with van der Waals surface area (Å²) < 4.78 is 11.3. The van der Waals surface area contributed by atoms with Crippen LogP contribution in [0.5, 0.6) is 5.75 Å². The van der Waals surface area contributed by atoms with Gasteiger partial charge in [0.15, 0.2) is 5.13 Å². The third kappa shape index (κ3) is 3.27. The molecular weight excluding hydrogens is 312 g/mol. The number of nitrogens with zero attached hydrogens (tertiary/aromatic N) is 1. The number of nitrogens with one attached hydrogen (secondary N) is 1. The van der Waals surface area contributed by atoms with Crippen molar-refractivity contribution in [3.63, 3.8) is 0 Å². The predicted octanol–water partition coefficient (Wildman–Crippen LogP) is 4.23. The van der Waals surface area contributed by atoms with Gasteiger partial charge >= 0.3 is 5.97 Å². The number of benzene rings is 2. The maximum atomic E-state index is 11.6. The molecule has 3 rings (SSSR count). The number of ether oxygens (including phenoxy) is 2. The van der Waals surface area contributed by atoms with E-state index in [1.54, 1.807) is 37.5 Å². The van der Waals surface area contributed by atoms with E-state index >= 15 is 0 Å². The average Bonchev–Trinajstić information content (AvgIpc) is 2.98. The number of aromatic nitrogens is 1. The van der Waals surface area contributed by atoms with Gasteiger partial charge in [-0.25, -0.2) is 9.78 Å². The summed E-state index contributed by atoms with van der Waals surface area (Å²) in [6.07, 6.45) is 0. The van der Waals surface area contributed by atoms with Crippen molar-refractivity contribution in [2.45, 2.75) is 6.92 Å². The Labute approximate surface area is 137 Å². The van der Waals surface area contributed by atoms with Crippen LogP contribution in [0.3, 0.4) is 0 Å². The highest BCUT2D eigenvalue weighted by atomic mass is 32.1. The van der Waals surface area contributed by atoms with Gasteiger partial charge in [0, 0.05) is 5.69 Å². The zero-order valence-electron chi connectivity index (χ0n) is 12.8. The van der Waals surface area contributed by atoms with Crippen molar-refractivity contribution in [3.05, 3.63) is 48.0 Å². The summed E-state index contributed by atoms with van der Waals surface area (Å²) in [5.41, 5.74) is 2.23. The quantitative estimate of drug-likeness (QED) is 0.710. The first-order chi connectivity index (χ1) is 11.2. The Morgan fingerprint density at radius 1 is 1.22 bits per heavy atom. The lowest BCUT2D eigenvalue weighted by molar-refractivity contribution is 0.0526. The molecule has 3 aromatic rings. The van der Waals surface area contributed by atoms with Crippen LogP contribution in [-0.2, 0) is 4.74 Å². The minimum Gasteiger partial charge on any atom is -0.494 e. The van der Waals surface area contributed by atoms with Gasteiger partial charge in [-0.2, -0.15) is 0 Å². The molecule has 0 bridgehead atoms. The molecule has 0 fully saturated rings. The lowest BCUT2D eigenvalue weighted by atomic mass is 10.2. The van der Waals surface area contributed by atoms with E-state index in [0.29, 0.717) is 12.2 Å². The van der Waals surface area contributed by atoms with E-state index in [9.17, 15) is 4.79 Å². The van der Waals surface area contributed by atoms with Gasteiger partial charge in [0.1, 0.15) is 11.3 Å². The summed E-state index contributed by atoms with van der Waals surface area (Å²) in [5.74, 6) is 0.438. The Morgan fingerprint density at radius 2 is 2.00 bits per heavy atom. The second-order valence-electron chi connectivity index (χ2n) is 4.75. The maximum Gasteiger partial charge on any atom is 0.338 e. The monoisotopic (exact) mass is 328 g/mol. The molecule has 5 nitrogen and oxygen atoms in total. The van der Waals surface area contributed by atoms with Crippen LogP contribution in [0.4, 0.5) is 10.8 Å². The van der Waals surface area contributed by atoms with Gasteiger partial charge in [0.25, 0.3) is 0 Å². The molecule has 1 heterocycles. The number of carbonyl (C=O) groups excluding carboxylic acids is 1. The highest BCUT2D eigenvalue weighted by Gasteiger charge is 2.09. The molecule has 1 aromatic heterocycles. The summed E-state index contributed by atoms with van der Waals surface area (Å²) in [6, 6.07) is 13.0. The van der Waals surface area contributed by atoms with Crippen LogP contribution in [0.15, 0.2) is 42.5 Å². The van der Waals surface area contributed by atoms with Gasteiger partial charge in [-0.05, 0) is 43.3 Å². The molecular formula is C17H16N2O3S. The smallest absolute Gasteiger partial charge is 0.338 e. The summed E-state index contributed by atoms with van der Waals surface area (Å²) in [5, 5.41) is 4.01. The standard InChI is InChI=1S/C17H16N2O3S/c1-3-22-16(20)11-7-9-12(10-8-11)18-17-19-15-13(21-2)5-4-6-14(15)23-17/h4-10H,3H2,1-2H3,(H,18,19). The normalized spacial score (nSPS) is 10.5. The highest BCUT2D eigenvalue weighted by molar-refractivity contribution is 7.22. The third-order valence-corrected chi connectivity index (χ3v) is 4.19. The maximum absolute atomic E-state index is 11.6. The predicted molar refractivity (Wildman–Crippen MR) is 91.9 cm³/mol. The molecule has 118 valence electrons. The molecule has 0 aliphatic rings. The number of methoxy groups -OCH3 is 1. The van der Waals surface area contributed by atoms with Crippen LogP contribution in [-0.4, -0.2) is 24.7 Å². The summed E-state index contributed by atoms with van der Waals surface area (Å²) in [7, 11) is 1.63. The van der Waals surface area contributed by atoms with Crippen LogP contribution in [0.25, 0.3) is 10.2 Å². The Bertz CT molecular complexity index is 827. The lowest BCUT2D eigenvalue weighted by Crippen LogP contribution is -2.04. The Kier molecular flexibility index (Phi) is 4.43. The fraction of sp³-hybridized carbons (Fsp3) is 0.176. The number of para-hydroxylation sites is 1. The van der Waals surface area contributed by atoms with E-state index in [4.69, 9.17) is 9.47 Å². The molecule has 6 heteroatoms. The van der Waals surface area contributed by atoms with Crippen LogP contribution < -0.4 is 10.1 Å². The van der Waals surface area contributed by atoms with Crippen molar-refractivity contribution in [1.82, 2.24) is 4.98 Å². The second-order valence-corrected chi connectivity index (χ2v) is 5.78. The summed E-state index contributed by atoms with van der Waals surface area (Å²) in [6.45, 7) is 2.15. The number of thiazole rings is 1. The van der Waals surface area contributed by atoms with E-state index in [1.807, 2.05) is 30.3 Å². The fourth-order valence-electron chi connectivity index (χ4n) is 2.17. The van der Waals surface area contributed by atoms with E-state index in [2.05, 4.69) is 10.3 Å². The molecule has 0 spiro atoms. The van der Waals surface area contributed by atoms with Gasteiger partial charge in [-0.3, -0.25) is 0 Å². The molecule has 1 N–H and O–H groups in total. The van der Waals surface area contributed by atoms with Gasteiger partial charge in [0.2, 0.25) is 0 Å². The topological polar surface area (TPSA) is 60.5 Å². The van der Waals surface area contributed by atoms with E-state index in [1.165, 1.54) is 0 Å². The van der Waals surface area contributed by atoms with E-state index < -0.39 is 0 Å². The molecule has 0 radical (unpaired) electrons. The van der Waals surface area contributed by atoms with Crippen LogP contribution in [0.2, 0.25) is 0 Å². The number of carbonyl (C=O) groups is 1. The number of hydrogen-bond donors (Lipinski definition) is 1. The number of fused-ring (bicyclic) bond motifs is 1. The largest absolute Gasteiger partial charge is 0.494 e. The highest BCUT2D eigenvalue weighted by Crippen LogP contribution is 2.33. The first-order valence-corrected chi connectivity index (χ1v) is 8.00. The molecule has 0 unspecified atom stereocenters. The van der Waals surface area contributed by atoms with Crippen molar-refractivity contribution < 1.29 is 14.3 Å². The van der Waals surface area contributed by atoms with Crippen molar-refractivity contribution in [3.8, 4) is 5.75 Å². The van der Waals surface area contributed by atoms with Gasteiger partial charge in [-0.1, -0.05) is 17.4 Å². The van der Waals surface area contributed by atoms with Crippen molar-refractivity contribution in [2.75, 3.05) is 19.0 Å². The molecule has 23 heavy (non-hydrogen) atoms. The number of anilines is 2. The number of hydrogen-bond acceptors (Lipinski definition) is 6. The second kappa shape index (κ2) is 6.66. The third-order valence-electron chi connectivity index (χ3n) is 3.25. The Morgan fingerprint density at radius 3 is 2.70 bits per heavy atom. The number of esters is 1. The van der Waals surface area contributed by atoms with Crippen LogP contribution >= 0.6 is 11.3 Å². The SMILES string of the molecule is CCOC(=O)c1ccc(Nc2nc3c(OC)cccc3s2)cc1. The van der Waals surface area contributed by atoms with Gasteiger partial charge in [-0.15, -0.1) is 0 Å². The Balaban J connectivity index is 1.80. The molecule has 0 saturated carbocycles. The van der Waals surface area contributed by atoms with Crippen LogP contribution in [0.1, 0.15) is 17.3 Å². The Hall–Kier alpha value is -2.60. The zero-order valence-corrected chi connectivity index (χ0v) is 13.6. The van der Waals surface area contributed by atoms with E-state index in [0.717, 1.165) is 26.8 Å². The molecule has 0 aliphatic carbocycles. The molecule has 2 aromatic carbocycles. The first kappa shape index (κ1) is 15.3. The van der Waals surface area contributed by atoms with Gasteiger partial charge in [0.05, 0.1) is 24.0 Å². The van der Waals surface area contributed by atoms with Crippen LogP contribution in [0, 0.1) is 0 Å². The first-order valence-electron chi connectivity index (χ1n) is 7.19. The average molecular weight is 328 g/mol. The van der Waals surface area contributed by atoms with Crippen molar-refractivity contribution >= 4 is 38.3 Å². The fourth-order valence-corrected chi connectivity index (χ4v) is 3.07. The van der Waals surface area contributed by atoms with Crippen molar-refractivity contribution in [2.24, 2.45) is 0 Å².